The van der Waals surface area contributed by atoms with Gasteiger partial charge in [0.1, 0.15) is 0 Å². The van der Waals surface area contributed by atoms with Crippen molar-refractivity contribution in [2.75, 3.05) is 32.5 Å². The fraction of sp³-hybridized carbons (Fsp3) is 0.462. The van der Waals surface area contributed by atoms with E-state index in [1.165, 1.54) is 0 Å². The predicted octanol–water partition coefficient (Wildman–Crippen LogP) is 1.99. The Hall–Kier alpha value is -1.55. The lowest BCUT2D eigenvalue weighted by Gasteiger charge is -2.14. The minimum absolute atomic E-state index is 0.149. The minimum Gasteiger partial charge on any atom is -0.337 e. The van der Waals surface area contributed by atoms with Gasteiger partial charge in [-0.1, -0.05) is 18.2 Å². The van der Waals surface area contributed by atoms with Crippen LogP contribution < -0.4 is 10.6 Å². The van der Waals surface area contributed by atoms with Gasteiger partial charge < -0.3 is 15.5 Å². The van der Waals surface area contributed by atoms with Crippen LogP contribution in [-0.4, -0.2) is 38.1 Å². The van der Waals surface area contributed by atoms with Gasteiger partial charge in [0.15, 0.2) is 0 Å². The third-order valence-corrected chi connectivity index (χ3v) is 2.56. The van der Waals surface area contributed by atoms with Crippen molar-refractivity contribution in [1.29, 1.82) is 0 Å². The summed E-state index contributed by atoms with van der Waals surface area (Å²) in [5.41, 5.74) is 3.05. The Morgan fingerprint density at radius 1 is 1.24 bits per heavy atom. The van der Waals surface area contributed by atoms with Crippen molar-refractivity contribution in [2.45, 2.75) is 13.8 Å². The number of benzene rings is 1. The van der Waals surface area contributed by atoms with Crippen LogP contribution in [0.25, 0.3) is 0 Å². The second-order valence-electron chi connectivity index (χ2n) is 4.45. The zero-order valence-corrected chi connectivity index (χ0v) is 11.0. The van der Waals surface area contributed by atoms with Crippen molar-refractivity contribution >= 4 is 11.7 Å². The molecule has 0 heterocycles. The zero-order chi connectivity index (χ0) is 12.8. The highest BCUT2D eigenvalue weighted by Gasteiger charge is 2.06. The van der Waals surface area contributed by atoms with Crippen LogP contribution >= 0.6 is 0 Å². The number of amides is 2. The number of carbonyl (C=O) groups is 1. The van der Waals surface area contributed by atoms with Crippen molar-refractivity contribution < 1.29 is 4.79 Å². The first-order chi connectivity index (χ1) is 8.00. The van der Waals surface area contributed by atoms with Gasteiger partial charge in [0.05, 0.1) is 0 Å². The first-order valence-corrected chi connectivity index (χ1v) is 5.76. The van der Waals surface area contributed by atoms with E-state index in [0.717, 1.165) is 23.4 Å². The van der Waals surface area contributed by atoms with Gasteiger partial charge >= 0.3 is 6.03 Å². The summed E-state index contributed by atoms with van der Waals surface area (Å²) in [6, 6.07) is 5.81. The minimum atomic E-state index is -0.149. The number of nitrogens with zero attached hydrogens (tertiary/aromatic N) is 1. The molecule has 2 N–H and O–H groups in total. The van der Waals surface area contributed by atoms with Gasteiger partial charge in [-0.05, 0) is 39.1 Å². The topological polar surface area (TPSA) is 44.4 Å². The Bertz CT molecular complexity index is 368. The Balaban J connectivity index is 2.51. The van der Waals surface area contributed by atoms with Crippen LogP contribution in [0.5, 0.6) is 0 Å². The van der Waals surface area contributed by atoms with E-state index in [9.17, 15) is 4.79 Å². The van der Waals surface area contributed by atoms with Gasteiger partial charge in [-0.2, -0.15) is 0 Å². The van der Waals surface area contributed by atoms with Gasteiger partial charge in [-0.25, -0.2) is 4.79 Å². The largest absolute Gasteiger partial charge is 0.337 e. The summed E-state index contributed by atoms with van der Waals surface area (Å²) in [7, 11) is 3.95. The number of anilines is 1. The number of likely N-dealkylation sites (N-methyl/N-ethyl adjacent to an activating group) is 1. The molecule has 0 aliphatic rings. The Morgan fingerprint density at radius 3 is 2.35 bits per heavy atom. The molecule has 1 rings (SSSR count). The van der Waals surface area contributed by atoms with Crippen LogP contribution in [0.1, 0.15) is 11.1 Å². The summed E-state index contributed by atoms with van der Waals surface area (Å²) < 4.78 is 0. The van der Waals surface area contributed by atoms with Crippen LogP contribution in [0.3, 0.4) is 0 Å². The van der Waals surface area contributed by atoms with E-state index in [0.29, 0.717) is 6.54 Å². The summed E-state index contributed by atoms with van der Waals surface area (Å²) in [4.78, 5) is 13.7. The van der Waals surface area contributed by atoms with Gasteiger partial charge in [0.2, 0.25) is 0 Å². The van der Waals surface area contributed by atoms with E-state index in [1.807, 2.05) is 51.0 Å². The molecule has 4 nitrogen and oxygen atoms in total. The molecule has 0 radical (unpaired) electrons. The van der Waals surface area contributed by atoms with E-state index < -0.39 is 0 Å². The first kappa shape index (κ1) is 13.5. The van der Waals surface area contributed by atoms with Crippen molar-refractivity contribution in [2.24, 2.45) is 0 Å². The Kier molecular flexibility index (Phi) is 4.97. The van der Waals surface area contributed by atoms with Crippen LogP contribution in [-0.2, 0) is 0 Å². The number of nitrogens with one attached hydrogen (secondary N) is 2. The number of carbonyl (C=O) groups excluding carboxylic acids is 1. The molecule has 17 heavy (non-hydrogen) atoms. The molecule has 0 spiro atoms. The van der Waals surface area contributed by atoms with E-state index in [4.69, 9.17) is 0 Å². The summed E-state index contributed by atoms with van der Waals surface area (Å²) in [5, 5.41) is 5.71. The lowest BCUT2D eigenvalue weighted by atomic mass is 10.1. The van der Waals surface area contributed by atoms with Gasteiger partial charge in [0, 0.05) is 18.8 Å². The maximum Gasteiger partial charge on any atom is 0.319 e. The van der Waals surface area contributed by atoms with E-state index >= 15 is 0 Å². The molecule has 0 aliphatic heterocycles. The molecule has 0 aromatic heterocycles. The molecule has 1 aromatic carbocycles. The van der Waals surface area contributed by atoms with Crippen LogP contribution in [0.15, 0.2) is 18.2 Å². The van der Waals surface area contributed by atoms with Gasteiger partial charge in [0.25, 0.3) is 0 Å². The highest BCUT2D eigenvalue weighted by molar-refractivity contribution is 5.90. The summed E-state index contributed by atoms with van der Waals surface area (Å²) in [6.45, 7) is 5.45. The highest BCUT2D eigenvalue weighted by atomic mass is 16.2. The Labute approximate surface area is 103 Å². The second kappa shape index (κ2) is 6.25. The Morgan fingerprint density at radius 2 is 1.82 bits per heavy atom. The fourth-order valence-electron chi connectivity index (χ4n) is 1.56. The zero-order valence-electron chi connectivity index (χ0n) is 11.0. The number of para-hydroxylation sites is 1. The standard InChI is InChI=1S/C13H21N3O/c1-10-6-5-7-11(2)12(10)15-13(17)14-8-9-16(3)4/h5-7H,8-9H2,1-4H3,(H2,14,15,17). The summed E-state index contributed by atoms with van der Waals surface area (Å²) in [5.74, 6) is 0. The molecule has 0 saturated carbocycles. The third-order valence-electron chi connectivity index (χ3n) is 2.56. The quantitative estimate of drug-likeness (QED) is 0.838. The lowest BCUT2D eigenvalue weighted by Crippen LogP contribution is -2.34. The molecule has 2 amide bonds. The van der Waals surface area contributed by atoms with Gasteiger partial charge in [-0.3, -0.25) is 0 Å². The maximum absolute atomic E-state index is 11.7. The first-order valence-electron chi connectivity index (χ1n) is 5.76. The lowest BCUT2D eigenvalue weighted by molar-refractivity contribution is 0.250. The molecule has 0 saturated heterocycles. The maximum atomic E-state index is 11.7. The average Bonchev–Trinajstić information content (AvgIpc) is 2.23. The molecule has 0 aliphatic carbocycles. The van der Waals surface area contributed by atoms with E-state index in [1.54, 1.807) is 0 Å². The van der Waals surface area contributed by atoms with Crippen molar-refractivity contribution in [1.82, 2.24) is 10.2 Å². The van der Waals surface area contributed by atoms with E-state index in [-0.39, 0.29) is 6.03 Å². The highest BCUT2D eigenvalue weighted by Crippen LogP contribution is 2.18. The third kappa shape index (κ3) is 4.44. The molecular formula is C13H21N3O. The molecule has 0 fully saturated rings. The molecule has 0 unspecified atom stereocenters. The smallest absolute Gasteiger partial charge is 0.319 e. The second-order valence-corrected chi connectivity index (χ2v) is 4.45. The van der Waals surface area contributed by atoms with Crippen LogP contribution in [0.2, 0.25) is 0 Å². The van der Waals surface area contributed by atoms with Crippen molar-refractivity contribution in [3.63, 3.8) is 0 Å². The number of hydrogen-bond donors (Lipinski definition) is 2. The molecule has 0 atom stereocenters. The SMILES string of the molecule is Cc1cccc(C)c1NC(=O)NCCN(C)C. The van der Waals surface area contributed by atoms with Crippen LogP contribution in [0, 0.1) is 13.8 Å². The molecule has 1 aromatic rings. The molecule has 4 heteroatoms. The molecular weight excluding hydrogens is 214 g/mol. The monoisotopic (exact) mass is 235 g/mol. The molecule has 94 valence electrons. The number of hydrogen-bond acceptors (Lipinski definition) is 2. The molecule has 0 bridgehead atoms. The van der Waals surface area contributed by atoms with Crippen molar-refractivity contribution in [3.8, 4) is 0 Å². The number of aryl methyl sites for hydroxylation is 2. The number of rotatable bonds is 4. The average molecular weight is 235 g/mol. The van der Waals surface area contributed by atoms with Gasteiger partial charge in [-0.15, -0.1) is 0 Å². The number of urea groups is 1. The van der Waals surface area contributed by atoms with E-state index in [2.05, 4.69) is 10.6 Å². The van der Waals surface area contributed by atoms with Crippen molar-refractivity contribution in [3.05, 3.63) is 29.3 Å². The fourth-order valence-corrected chi connectivity index (χ4v) is 1.56. The van der Waals surface area contributed by atoms with Crippen LogP contribution in [0.4, 0.5) is 10.5 Å². The normalized spacial score (nSPS) is 10.4. The predicted molar refractivity (Wildman–Crippen MR) is 71.5 cm³/mol. The summed E-state index contributed by atoms with van der Waals surface area (Å²) >= 11 is 0. The summed E-state index contributed by atoms with van der Waals surface area (Å²) in [6.07, 6.45) is 0.